The minimum absolute atomic E-state index is 0.0342. The summed E-state index contributed by atoms with van der Waals surface area (Å²) in [6, 6.07) is 5.03. The molecule has 0 atom stereocenters. The van der Waals surface area contributed by atoms with E-state index in [2.05, 4.69) is 20.1 Å². The van der Waals surface area contributed by atoms with Crippen LogP contribution in [0.4, 0.5) is 0 Å². The second-order valence-electron chi connectivity index (χ2n) is 4.82. The van der Waals surface area contributed by atoms with Crippen LogP contribution in [0.1, 0.15) is 27.6 Å². The molecule has 0 amide bonds. The van der Waals surface area contributed by atoms with Gasteiger partial charge in [0, 0.05) is 16.8 Å². The van der Waals surface area contributed by atoms with Crippen molar-refractivity contribution in [3.05, 3.63) is 41.0 Å². The summed E-state index contributed by atoms with van der Waals surface area (Å²) in [5, 5.41) is 14.2. The lowest BCUT2D eigenvalue weighted by atomic mass is 10.2. The van der Waals surface area contributed by atoms with Gasteiger partial charge in [-0.05, 0) is 39.0 Å². The van der Waals surface area contributed by atoms with Gasteiger partial charge in [0.05, 0.1) is 5.69 Å². The average Bonchev–Trinajstić information content (AvgIpc) is 2.74. The number of aromatic carboxylic acids is 1. The highest BCUT2D eigenvalue weighted by molar-refractivity contribution is 5.89. The summed E-state index contributed by atoms with van der Waals surface area (Å²) in [5.41, 5.74) is 2.78. The number of nitrogens with zero attached hydrogens (tertiary/aromatic N) is 5. The molecule has 0 aliphatic rings. The maximum Gasteiger partial charge on any atom is 0.354 e. The van der Waals surface area contributed by atoms with Crippen molar-refractivity contribution in [3.8, 4) is 5.95 Å². The molecule has 0 fully saturated rings. The highest BCUT2D eigenvalue weighted by Gasteiger charge is 2.15. The van der Waals surface area contributed by atoms with Gasteiger partial charge < -0.3 is 5.11 Å². The number of carboxylic acid groups (broad SMARTS) is 1. The largest absolute Gasteiger partial charge is 0.477 e. The van der Waals surface area contributed by atoms with Crippen molar-refractivity contribution < 1.29 is 9.90 Å². The van der Waals surface area contributed by atoms with Crippen LogP contribution in [0.3, 0.4) is 0 Å². The summed E-state index contributed by atoms with van der Waals surface area (Å²) in [5.74, 6) is -0.690. The Labute approximate surface area is 120 Å². The van der Waals surface area contributed by atoms with E-state index in [4.69, 9.17) is 5.11 Å². The third kappa shape index (κ3) is 2.22. The highest BCUT2D eigenvalue weighted by atomic mass is 16.4. The first kappa shape index (κ1) is 13.2. The molecule has 0 saturated heterocycles. The summed E-state index contributed by atoms with van der Waals surface area (Å²) in [7, 11) is 0. The van der Waals surface area contributed by atoms with E-state index in [0.717, 1.165) is 22.5 Å². The number of hydrogen-bond acceptors (Lipinski definition) is 5. The first-order chi connectivity index (χ1) is 9.95. The van der Waals surface area contributed by atoms with Gasteiger partial charge >= 0.3 is 5.97 Å². The van der Waals surface area contributed by atoms with Crippen LogP contribution in [-0.2, 0) is 0 Å². The van der Waals surface area contributed by atoms with Crippen LogP contribution in [0.5, 0.6) is 0 Å². The summed E-state index contributed by atoms with van der Waals surface area (Å²) >= 11 is 0. The van der Waals surface area contributed by atoms with E-state index in [1.165, 1.54) is 10.7 Å². The van der Waals surface area contributed by atoms with E-state index in [9.17, 15) is 4.79 Å². The monoisotopic (exact) mass is 283 g/mol. The van der Waals surface area contributed by atoms with Gasteiger partial charge in [0.15, 0.2) is 11.3 Å². The van der Waals surface area contributed by atoms with Crippen LogP contribution < -0.4 is 0 Å². The fraction of sp³-hybridized carbons (Fsp3) is 0.214. The molecule has 0 aliphatic carbocycles. The standard InChI is InChI=1S/C14H13N5O2/c1-7-6-8(2)16-14(15-7)19-12-10(9(3)18-19)4-5-11(17-12)13(20)21/h4-6H,1-3H3,(H,20,21). The topological polar surface area (TPSA) is 93.8 Å². The Hall–Kier alpha value is -2.83. The molecule has 0 aliphatic heterocycles. The van der Waals surface area contributed by atoms with Crippen LogP contribution in [-0.4, -0.2) is 35.8 Å². The number of aryl methyl sites for hydroxylation is 3. The molecule has 0 unspecified atom stereocenters. The normalized spacial score (nSPS) is 11.0. The quantitative estimate of drug-likeness (QED) is 0.771. The zero-order chi connectivity index (χ0) is 15.1. The van der Waals surface area contributed by atoms with E-state index >= 15 is 0 Å². The molecular formula is C14H13N5O2. The van der Waals surface area contributed by atoms with Crippen LogP contribution in [0.25, 0.3) is 17.0 Å². The molecule has 7 heteroatoms. The SMILES string of the molecule is Cc1cc(C)nc(-n2nc(C)c3ccc(C(=O)O)nc32)n1. The summed E-state index contributed by atoms with van der Waals surface area (Å²) in [6.45, 7) is 5.57. The van der Waals surface area contributed by atoms with E-state index in [-0.39, 0.29) is 5.69 Å². The molecule has 0 bridgehead atoms. The lowest BCUT2D eigenvalue weighted by Gasteiger charge is -2.04. The van der Waals surface area contributed by atoms with Gasteiger partial charge in [-0.15, -0.1) is 0 Å². The molecule has 0 radical (unpaired) electrons. The zero-order valence-corrected chi connectivity index (χ0v) is 11.8. The number of aromatic nitrogens is 5. The van der Waals surface area contributed by atoms with E-state index in [1.54, 1.807) is 6.07 Å². The lowest BCUT2D eigenvalue weighted by molar-refractivity contribution is 0.0691. The number of carbonyl (C=O) groups is 1. The third-order valence-corrected chi connectivity index (χ3v) is 3.09. The van der Waals surface area contributed by atoms with Gasteiger partial charge in [0.2, 0.25) is 0 Å². The molecule has 3 aromatic rings. The van der Waals surface area contributed by atoms with Crippen molar-refractivity contribution in [2.24, 2.45) is 0 Å². The maximum atomic E-state index is 11.1. The maximum absolute atomic E-state index is 11.1. The van der Waals surface area contributed by atoms with Crippen molar-refractivity contribution in [1.29, 1.82) is 0 Å². The second kappa shape index (κ2) is 4.62. The van der Waals surface area contributed by atoms with E-state index in [1.807, 2.05) is 26.8 Å². The lowest BCUT2D eigenvalue weighted by Crippen LogP contribution is -2.07. The van der Waals surface area contributed by atoms with Crippen molar-refractivity contribution in [2.45, 2.75) is 20.8 Å². The fourth-order valence-corrected chi connectivity index (χ4v) is 2.20. The molecule has 21 heavy (non-hydrogen) atoms. The molecule has 1 N–H and O–H groups in total. The van der Waals surface area contributed by atoms with Crippen LogP contribution in [0.15, 0.2) is 18.2 Å². The number of rotatable bonds is 2. The van der Waals surface area contributed by atoms with E-state index < -0.39 is 5.97 Å². The van der Waals surface area contributed by atoms with Crippen molar-refractivity contribution in [1.82, 2.24) is 24.7 Å². The van der Waals surface area contributed by atoms with Crippen molar-refractivity contribution >= 4 is 17.0 Å². The second-order valence-corrected chi connectivity index (χ2v) is 4.82. The highest BCUT2D eigenvalue weighted by Crippen LogP contribution is 2.19. The predicted octanol–water partition coefficient (Wildman–Crippen LogP) is 1.83. The molecule has 0 saturated carbocycles. The Morgan fingerprint density at radius 1 is 1.10 bits per heavy atom. The molecular weight excluding hydrogens is 270 g/mol. The van der Waals surface area contributed by atoms with Crippen molar-refractivity contribution in [2.75, 3.05) is 0 Å². The van der Waals surface area contributed by atoms with Gasteiger partial charge in [-0.25, -0.2) is 19.7 Å². The Morgan fingerprint density at radius 2 is 1.76 bits per heavy atom. The van der Waals surface area contributed by atoms with Crippen LogP contribution >= 0.6 is 0 Å². The summed E-state index contributed by atoms with van der Waals surface area (Å²) < 4.78 is 1.48. The Morgan fingerprint density at radius 3 is 2.38 bits per heavy atom. The molecule has 0 aromatic carbocycles. The number of fused-ring (bicyclic) bond motifs is 1. The molecule has 3 heterocycles. The number of pyridine rings is 1. The minimum Gasteiger partial charge on any atom is -0.477 e. The van der Waals surface area contributed by atoms with Gasteiger partial charge in [-0.3, -0.25) is 0 Å². The van der Waals surface area contributed by atoms with Gasteiger partial charge in [0.1, 0.15) is 0 Å². The van der Waals surface area contributed by atoms with Gasteiger partial charge in [-0.1, -0.05) is 0 Å². The minimum atomic E-state index is -1.08. The summed E-state index contributed by atoms with van der Waals surface area (Å²) in [4.78, 5) is 23.9. The first-order valence-electron chi connectivity index (χ1n) is 6.38. The summed E-state index contributed by atoms with van der Waals surface area (Å²) in [6.07, 6.45) is 0. The van der Waals surface area contributed by atoms with Crippen molar-refractivity contribution in [3.63, 3.8) is 0 Å². The Kier molecular flexibility index (Phi) is 2.90. The smallest absolute Gasteiger partial charge is 0.354 e. The van der Waals surface area contributed by atoms with E-state index in [0.29, 0.717) is 11.6 Å². The Balaban J connectivity index is 2.31. The molecule has 3 rings (SSSR count). The predicted molar refractivity (Wildman–Crippen MR) is 75.6 cm³/mol. The van der Waals surface area contributed by atoms with Gasteiger partial charge in [0.25, 0.3) is 5.95 Å². The first-order valence-corrected chi connectivity index (χ1v) is 6.38. The zero-order valence-electron chi connectivity index (χ0n) is 11.8. The molecule has 106 valence electrons. The van der Waals surface area contributed by atoms with Crippen LogP contribution in [0.2, 0.25) is 0 Å². The Bertz CT molecular complexity index is 849. The number of carboxylic acids is 1. The molecule has 3 aromatic heterocycles. The van der Waals surface area contributed by atoms with Gasteiger partial charge in [-0.2, -0.15) is 9.78 Å². The van der Waals surface area contributed by atoms with Crippen LogP contribution in [0, 0.1) is 20.8 Å². The average molecular weight is 283 g/mol. The molecule has 0 spiro atoms. The number of hydrogen-bond donors (Lipinski definition) is 1. The fourth-order valence-electron chi connectivity index (χ4n) is 2.20. The third-order valence-electron chi connectivity index (χ3n) is 3.09. The molecule has 7 nitrogen and oxygen atoms in total.